The van der Waals surface area contributed by atoms with Gasteiger partial charge in [0.05, 0.1) is 99.8 Å². The Balaban J connectivity index is 0.00000207. The van der Waals surface area contributed by atoms with Crippen LogP contribution in [0.5, 0.6) is 0 Å². The van der Waals surface area contributed by atoms with Crippen LogP contribution < -0.4 is 53.2 Å². The number of aliphatic hydroxyl groups is 15. The summed E-state index contributed by atoms with van der Waals surface area (Å²) in [5.74, 6) is -28.1. The zero-order chi connectivity index (χ0) is 102. The fraction of sp³-hybridized carbons (Fsp3) is 0.610. The summed E-state index contributed by atoms with van der Waals surface area (Å²) in [6, 6.07) is 4.38. The van der Waals surface area contributed by atoms with Crippen LogP contribution in [0.4, 0.5) is 0 Å². The molecule has 52 heteroatoms. The summed E-state index contributed by atoms with van der Waals surface area (Å²) in [5, 5.41) is 228. The number of hydrogen-bond donors (Lipinski definition) is 32. The van der Waals surface area contributed by atoms with Gasteiger partial charge in [0.15, 0.2) is 23.1 Å². The zero-order valence-electron chi connectivity index (χ0n) is 72.7. The number of benzene rings is 2. The fourth-order valence-electron chi connectivity index (χ4n) is 12.6. The van der Waals surface area contributed by atoms with Crippen molar-refractivity contribution in [2.24, 2.45) is 23.7 Å². The first-order valence-electron chi connectivity index (χ1n) is 41.9. The topological polar surface area (TPSA) is 887 Å². The smallest absolute Gasteiger partial charge is 0.326 e. The van der Waals surface area contributed by atoms with E-state index in [2.05, 4.69) is 65.8 Å². The van der Waals surface area contributed by atoms with Gasteiger partial charge < -0.3 is 160 Å². The molecule has 10 amide bonds. The summed E-state index contributed by atoms with van der Waals surface area (Å²) < 4.78 is 0. The molecule has 0 aliphatic heterocycles. The Kier molecular flexibility index (Phi) is 57.8. The maximum absolute atomic E-state index is 14.6. The van der Waals surface area contributed by atoms with Gasteiger partial charge in [0.1, 0.15) is 61.0 Å². The van der Waals surface area contributed by atoms with Crippen LogP contribution in [0.3, 0.4) is 0 Å². The van der Waals surface area contributed by atoms with E-state index >= 15 is 0 Å². The van der Waals surface area contributed by atoms with Crippen molar-refractivity contribution in [3.63, 3.8) is 0 Å². The molecule has 2 aromatic rings. The van der Waals surface area contributed by atoms with Gasteiger partial charge in [-0.3, -0.25) is 91.1 Å². The van der Waals surface area contributed by atoms with Crippen molar-refractivity contribution in [3.8, 4) is 0 Å². The van der Waals surface area contributed by atoms with Gasteiger partial charge in [-0.25, -0.2) is 4.79 Å². The van der Waals surface area contributed by atoms with Crippen molar-refractivity contribution >= 4 is 132 Å². The number of carboxylic acid groups (broad SMARTS) is 6. The van der Waals surface area contributed by atoms with Crippen LogP contribution in [-0.4, -0.2) is 375 Å². The minimum absolute atomic E-state index is 0.0150. The molecule has 0 heterocycles. The number of amides is 10. The number of ketones is 4. The highest BCUT2D eigenvalue weighted by Gasteiger charge is 2.39. The Hall–Kier alpha value is -11.6. The monoisotopic (exact) mass is 1930 g/mol. The van der Waals surface area contributed by atoms with E-state index in [1.54, 1.807) is 36.4 Å². The van der Waals surface area contributed by atoms with Crippen LogP contribution in [0, 0.1) is 23.7 Å². The Morgan fingerprint density at radius 2 is 0.597 bits per heavy atom. The van der Waals surface area contributed by atoms with Crippen molar-refractivity contribution in [2.75, 3.05) is 45.2 Å². The maximum atomic E-state index is 14.6. The average molecular weight is 1940 g/mol. The van der Waals surface area contributed by atoms with Crippen LogP contribution >= 0.6 is 12.6 Å². The van der Waals surface area contributed by atoms with Crippen molar-refractivity contribution in [3.05, 3.63) is 70.8 Å². The third-order valence-corrected chi connectivity index (χ3v) is 21.0. The number of carbonyl (C=O) groups is 20. The number of Topliss-reactive ketones (excluding diaryl/α,β-unsaturated/α-hetero) is 4. The molecule has 752 valence electrons. The van der Waals surface area contributed by atoms with Crippen LogP contribution in [0.15, 0.2) is 48.5 Å². The predicted octanol–water partition coefficient (Wildman–Crippen LogP) is -11.1. The van der Waals surface area contributed by atoms with E-state index in [9.17, 15) is 172 Å². The Morgan fingerprint density at radius 3 is 0.888 bits per heavy atom. The van der Waals surface area contributed by atoms with Crippen molar-refractivity contribution in [1.82, 2.24) is 53.2 Å². The fourth-order valence-corrected chi connectivity index (χ4v) is 12.9. The third kappa shape index (κ3) is 47.3. The van der Waals surface area contributed by atoms with Gasteiger partial charge in [0, 0.05) is 108 Å². The van der Waals surface area contributed by atoms with Crippen LogP contribution in [-0.2, 0) is 122 Å². The largest absolute Gasteiger partial charge is 0.481 e. The predicted molar refractivity (Wildman–Crippen MR) is 456 cm³/mol. The van der Waals surface area contributed by atoms with Crippen molar-refractivity contribution < 1.29 is 203 Å². The summed E-state index contributed by atoms with van der Waals surface area (Å²) in [4.78, 5) is 253. The number of rotatable bonds is 71. The molecular formula is C82H122N10O41S. The average Bonchev–Trinajstić information content (AvgIpc) is 0.848. The number of carbonyl (C=O) groups excluding carboxylic acids is 14. The number of thiol groups is 1. The molecule has 0 saturated heterocycles. The molecule has 134 heavy (non-hydrogen) atoms. The molecule has 31 N–H and O–H groups in total. The van der Waals surface area contributed by atoms with E-state index in [0.29, 0.717) is 36.1 Å². The number of aliphatic hydroxyl groups excluding tert-OH is 15. The van der Waals surface area contributed by atoms with Gasteiger partial charge in [0.2, 0.25) is 60.1 Å². The van der Waals surface area contributed by atoms with E-state index in [1.165, 1.54) is 19.1 Å². The lowest BCUT2D eigenvalue weighted by Crippen LogP contribution is -2.50. The Morgan fingerprint density at radius 1 is 0.313 bits per heavy atom. The van der Waals surface area contributed by atoms with E-state index < -0.39 is 388 Å². The lowest BCUT2D eigenvalue weighted by atomic mass is 9.89. The van der Waals surface area contributed by atoms with Gasteiger partial charge in [-0.05, 0) is 60.8 Å². The van der Waals surface area contributed by atoms with Crippen LogP contribution in [0.25, 0.3) is 0 Å². The molecule has 0 unspecified atom stereocenters. The molecule has 0 aromatic heterocycles. The molecule has 2 rings (SSSR count). The summed E-state index contributed by atoms with van der Waals surface area (Å²) in [5.41, 5.74) is 2.31. The highest BCUT2D eigenvalue weighted by atomic mass is 32.1. The number of hydrogen-bond acceptors (Lipinski definition) is 36. The summed E-state index contributed by atoms with van der Waals surface area (Å²) in [6.07, 6.45) is -36.8. The first kappa shape index (κ1) is 120. The summed E-state index contributed by atoms with van der Waals surface area (Å²) in [7, 11) is 0. The second kappa shape index (κ2) is 64.3. The van der Waals surface area contributed by atoms with Crippen molar-refractivity contribution in [2.45, 2.75) is 245 Å². The number of carboxylic acids is 6. The standard InChI is InChI=1S/C59H93N7O31S.C23H29N3O10/c67-23-42(77)54(91)51(88)39(74)20-61-45(80)10-7-33(64-48(83)15-28-1-3-29(4-2-28)19-60-27-70)36(71)16-30(5-13-49(84)85)57(94)65-34(8-11-46(81)62-21-40(75)52(89)55(92)43(78)24-68)37(72)17-31(6-14-50(86)87)58(95)66-35(38(73)18-32(26-98)59(96)97)9-12-47(82)63-22-41(76)53(90)56(93)44(79)25-69;1-2-16(23(35)36)26-22(34)15(9-20(30)31)8-18(28)17(10-21(32)33)25-19(29)7-13-3-5-14(6-4-13)11-24-12-27/h1-4,27,30-35,39-44,51-56,67-69,74-79,88-93,98H,5-26H2,(H,60,70)(H,61,80)(H,62,81)(H,63,82)(H,64,83)(H,65,94)(H,66,95)(H,84,85)(H,86,87)(H,96,97);3-6,12,15-17H,2,7-11H2,1H3,(H,24,27)(H,25,29)(H,26,34)(H,30,31)(H,32,33)(H,35,36)/t30-,31-,32+,33-,34-,35-,39-,40-,41-,42+,43+,44+,51+,52+,53+,54+,55+,56+;15-,16-,17-/m01/s1. The van der Waals surface area contributed by atoms with E-state index in [1.807, 2.05) is 0 Å². The van der Waals surface area contributed by atoms with Crippen LogP contribution in [0.2, 0.25) is 0 Å². The van der Waals surface area contributed by atoms with E-state index in [-0.39, 0.29) is 19.4 Å². The zero-order valence-corrected chi connectivity index (χ0v) is 73.6. The highest BCUT2D eigenvalue weighted by Crippen LogP contribution is 2.23. The molecule has 51 nitrogen and oxygen atoms in total. The molecule has 0 saturated carbocycles. The van der Waals surface area contributed by atoms with Gasteiger partial charge in [-0.1, -0.05) is 55.5 Å². The molecule has 0 aliphatic carbocycles. The summed E-state index contributed by atoms with van der Waals surface area (Å²) in [6.45, 7) is -3.67. The lowest BCUT2D eigenvalue weighted by molar-refractivity contribution is -0.145. The van der Waals surface area contributed by atoms with E-state index in [0.717, 1.165) is 5.56 Å². The number of nitrogens with one attached hydrogen (secondary N) is 10. The maximum Gasteiger partial charge on any atom is 0.326 e. The molecule has 0 spiro atoms. The molecular weight excluding hydrogens is 1810 g/mol. The van der Waals surface area contributed by atoms with Gasteiger partial charge in [0.25, 0.3) is 0 Å². The minimum atomic E-state index is -2.18. The molecule has 2 aromatic carbocycles. The molecule has 0 bridgehead atoms. The first-order valence-corrected chi connectivity index (χ1v) is 42.5. The normalized spacial score (nSPS) is 15.9. The highest BCUT2D eigenvalue weighted by molar-refractivity contribution is 7.80. The Labute approximate surface area is 770 Å². The first-order chi connectivity index (χ1) is 63.0. The molecule has 0 aliphatic rings. The Bertz CT molecular complexity index is 4170. The SMILES string of the molecule is CC[C@@H](NC(=O)[C@@H](CC(=O)O)CC(=O)[C@@H](CC(=O)O)NC(=O)Cc1ccc(CNC=O)cc1)C(=O)O.O=CNCc1ccc(CC(=O)N[C@@H](CCC(=O)NC[C@H](O)[C@@H](O)[C@H](O)[C@H](O)CO)C(=O)C[C@H](CCC(=O)O)C(=O)N[C@@H](CCC(=O)NC[C@H](O)[C@@H](O)[C@H](O)[C@H](O)CO)C(=O)C[C@H](CCC(=O)O)C(=O)N[C@@H](CCC(=O)NC[C@H](O)[C@@H](O)[C@H](O)[C@H](O)CO)C(=O)C[C@H](CS)C(=O)O)cc1. The van der Waals surface area contributed by atoms with Gasteiger partial charge in [-0.15, -0.1) is 0 Å². The molecule has 21 atom stereocenters. The van der Waals surface area contributed by atoms with E-state index in [4.69, 9.17) is 30.6 Å². The van der Waals surface area contributed by atoms with Crippen LogP contribution in [0.1, 0.15) is 138 Å². The van der Waals surface area contributed by atoms with Gasteiger partial charge in [-0.2, -0.15) is 12.6 Å². The van der Waals surface area contributed by atoms with Crippen molar-refractivity contribution in [1.29, 1.82) is 0 Å². The molecule has 0 fully saturated rings. The second-order valence-corrected chi connectivity index (χ2v) is 31.5. The quantitative estimate of drug-likeness (QED) is 0.0216. The molecule has 0 radical (unpaired) electrons. The summed E-state index contributed by atoms with van der Waals surface area (Å²) >= 11 is 3.94. The third-order valence-electron chi connectivity index (χ3n) is 20.6. The second-order valence-electron chi connectivity index (χ2n) is 31.1. The van der Waals surface area contributed by atoms with Gasteiger partial charge >= 0.3 is 35.8 Å². The minimum Gasteiger partial charge on any atom is -0.481 e. The lowest BCUT2D eigenvalue weighted by Gasteiger charge is -2.27. The number of aliphatic carboxylic acids is 6.